The van der Waals surface area contributed by atoms with Crippen LogP contribution < -0.4 is 5.32 Å². The number of alkyl carbamates (subject to hydrolysis) is 1. The van der Waals surface area contributed by atoms with E-state index >= 15 is 0 Å². The zero-order valence-corrected chi connectivity index (χ0v) is 6.36. The number of hydrogen-bond acceptors (Lipinski definition) is 2. The molecule has 0 aromatic rings. The van der Waals surface area contributed by atoms with Crippen molar-refractivity contribution >= 4 is 17.7 Å². The fourth-order valence-corrected chi connectivity index (χ4v) is 1.05. The Morgan fingerprint density at radius 1 is 1.80 bits per heavy atom. The summed E-state index contributed by atoms with van der Waals surface area (Å²) in [5.41, 5.74) is 0. The summed E-state index contributed by atoms with van der Waals surface area (Å²) < 4.78 is 4.85. The Morgan fingerprint density at radius 2 is 2.60 bits per heavy atom. The minimum Gasteiger partial charge on any atom is -0.444 e. The van der Waals surface area contributed by atoms with E-state index in [0.717, 1.165) is 12.8 Å². The molecule has 1 heterocycles. The molecule has 0 aliphatic carbocycles. The highest BCUT2D eigenvalue weighted by atomic mass is 35.5. The summed E-state index contributed by atoms with van der Waals surface area (Å²) in [5, 5.41) is 2.57. The van der Waals surface area contributed by atoms with Crippen LogP contribution in [0, 0.1) is 0 Å². The maximum Gasteiger partial charge on any atom is 0.407 e. The quantitative estimate of drug-likeness (QED) is 0.634. The van der Waals surface area contributed by atoms with Crippen LogP contribution >= 0.6 is 11.6 Å². The van der Waals surface area contributed by atoms with Crippen molar-refractivity contribution in [2.24, 2.45) is 0 Å². The SMILES string of the molecule is O=C1NCC(CCCCl)O1. The first-order chi connectivity index (χ1) is 4.83. The number of carbonyl (C=O) groups is 1. The van der Waals surface area contributed by atoms with Crippen LogP contribution in [-0.4, -0.2) is 24.6 Å². The number of alkyl halides is 1. The van der Waals surface area contributed by atoms with Gasteiger partial charge in [0.2, 0.25) is 0 Å². The van der Waals surface area contributed by atoms with Gasteiger partial charge in [0.25, 0.3) is 0 Å². The average Bonchev–Trinajstić information content (AvgIpc) is 2.31. The molecule has 0 aromatic carbocycles. The van der Waals surface area contributed by atoms with Crippen LogP contribution in [0.5, 0.6) is 0 Å². The highest BCUT2D eigenvalue weighted by Crippen LogP contribution is 2.07. The first-order valence-corrected chi connectivity index (χ1v) is 3.87. The van der Waals surface area contributed by atoms with Crippen molar-refractivity contribution in [1.82, 2.24) is 5.32 Å². The van der Waals surface area contributed by atoms with Crippen LogP contribution in [0.15, 0.2) is 0 Å². The Labute approximate surface area is 64.7 Å². The van der Waals surface area contributed by atoms with Crippen molar-refractivity contribution in [1.29, 1.82) is 0 Å². The number of halogens is 1. The van der Waals surface area contributed by atoms with Crippen LogP contribution in [0.4, 0.5) is 4.79 Å². The summed E-state index contributed by atoms with van der Waals surface area (Å²) in [5.74, 6) is 0.633. The number of nitrogens with one attached hydrogen (secondary N) is 1. The van der Waals surface area contributed by atoms with Crippen molar-refractivity contribution in [2.45, 2.75) is 18.9 Å². The van der Waals surface area contributed by atoms with Gasteiger partial charge in [-0.2, -0.15) is 0 Å². The molecule has 1 amide bonds. The molecular formula is C6H10ClNO2. The third kappa shape index (κ3) is 2.06. The Hall–Kier alpha value is -0.440. The summed E-state index contributed by atoms with van der Waals surface area (Å²) in [6.07, 6.45) is 1.51. The standard InChI is InChI=1S/C6H10ClNO2/c7-3-1-2-5-4-8-6(9)10-5/h5H,1-4H2,(H,8,9). The minimum absolute atomic E-state index is 0.0475. The maximum absolute atomic E-state index is 10.5. The van der Waals surface area contributed by atoms with Crippen LogP contribution in [-0.2, 0) is 4.74 Å². The molecule has 4 heteroatoms. The smallest absolute Gasteiger partial charge is 0.407 e. The number of amides is 1. The molecule has 1 aliphatic heterocycles. The molecular weight excluding hydrogens is 154 g/mol. The molecule has 1 aliphatic rings. The van der Waals surface area contributed by atoms with Crippen LogP contribution in [0.25, 0.3) is 0 Å². The van der Waals surface area contributed by atoms with E-state index in [1.54, 1.807) is 0 Å². The summed E-state index contributed by atoms with van der Waals surface area (Å²) in [6, 6.07) is 0. The predicted octanol–water partition coefficient (Wildman–Crippen LogP) is 1.11. The van der Waals surface area contributed by atoms with Gasteiger partial charge in [-0.1, -0.05) is 0 Å². The lowest BCUT2D eigenvalue weighted by molar-refractivity contribution is 0.135. The van der Waals surface area contributed by atoms with Gasteiger partial charge in [-0.3, -0.25) is 0 Å². The third-order valence-corrected chi connectivity index (χ3v) is 1.67. The van der Waals surface area contributed by atoms with Gasteiger partial charge in [-0.15, -0.1) is 11.6 Å². The predicted molar refractivity (Wildman–Crippen MR) is 38.2 cm³/mol. The van der Waals surface area contributed by atoms with Gasteiger partial charge in [-0.05, 0) is 12.8 Å². The second kappa shape index (κ2) is 3.66. The van der Waals surface area contributed by atoms with Crippen molar-refractivity contribution in [3.63, 3.8) is 0 Å². The average molecular weight is 164 g/mol. The zero-order valence-electron chi connectivity index (χ0n) is 5.60. The zero-order chi connectivity index (χ0) is 7.40. The minimum atomic E-state index is -0.306. The van der Waals surface area contributed by atoms with Crippen LogP contribution in [0.3, 0.4) is 0 Å². The van der Waals surface area contributed by atoms with Gasteiger partial charge < -0.3 is 10.1 Å². The topological polar surface area (TPSA) is 38.3 Å². The monoisotopic (exact) mass is 163 g/mol. The van der Waals surface area contributed by atoms with Gasteiger partial charge in [0, 0.05) is 5.88 Å². The molecule has 0 bridgehead atoms. The molecule has 58 valence electrons. The summed E-state index contributed by atoms with van der Waals surface area (Å²) >= 11 is 5.46. The lowest BCUT2D eigenvalue weighted by Gasteiger charge is -2.03. The summed E-state index contributed by atoms with van der Waals surface area (Å²) in [4.78, 5) is 10.5. The molecule has 0 saturated carbocycles. The van der Waals surface area contributed by atoms with E-state index in [2.05, 4.69) is 5.32 Å². The van der Waals surface area contributed by atoms with Crippen molar-refractivity contribution in [3.05, 3.63) is 0 Å². The molecule has 1 N–H and O–H groups in total. The molecule has 0 radical (unpaired) electrons. The fourth-order valence-electron chi connectivity index (χ4n) is 0.898. The highest BCUT2D eigenvalue weighted by molar-refractivity contribution is 6.17. The van der Waals surface area contributed by atoms with E-state index in [0.29, 0.717) is 12.4 Å². The first-order valence-electron chi connectivity index (χ1n) is 3.33. The second-order valence-electron chi connectivity index (χ2n) is 2.24. The van der Waals surface area contributed by atoms with E-state index in [1.165, 1.54) is 0 Å². The summed E-state index contributed by atoms with van der Waals surface area (Å²) in [7, 11) is 0. The molecule has 1 rings (SSSR count). The van der Waals surface area contributed by atoms with Gasteiger partial charge >= 0.3 is 6.09 Å². The van der Waals surface area contributed by atoms with Gasteiger partial charge in [0.05, 0.1) is 6.54 Å². The molecule has 3 nitrogen and oxygen atoms in total. The van der Waals surface area contributed by atoms with Crippen LogP contribution in [0.2, 0.25) is 0 Å². The van der Waals surface area contributed by atoms with E-state index in [4.69, 9.17) is 16.3 Å². The lowest BCUT2D eigenvalue weighted by atomic mass is 10.2. The van der Waals surface area contributed by atoms with Gasteiger partial charge in [-0.25, -0.2) is 4.79 Å². The number of ether oxygens (including phenoxy) is 1. The Kier molecular flexibility index (Phi) is 2.81. The maximum atomic E-state index is 10.5. The molecule has 1 unspecified atom stereocenters. The van der Waals surface area contributed by atoms with Crippen molar-refractivity contribution in [2.75, 3.05) is 12.4 Å². The van der Waals surface area contributed by atoms with Crippen LogP contribution in [0.1, 0.15) is 12.8 Å². The van der Waals surface area contributed by atoms with Gasteiger partial charge in [0.15, 0.2) is 0 Å². The van der Waals surface area contributed by atoms with E-state index in [9.17, 15) is 4.79 Å². The lowest BCUT2D eigenvalue weighted by Crippen LogP contribution is -2.14. The molecule has 1 fully saturated rings. The van der Waals surface area contributed by atoms with E-state index in [1.807, 2.05) is 0 Å². The number of rotatable bonds is 3. The number of hydrogen-bond donors (Lipinski definition) is 1. The normalized spacial score (nSPS) is 24.1. The second-order valence-corrected chi connectivity index (χ2v) is 2.62. The molecule has 1 saturated heterocycles. The Morgan fingerprint density at radius 3 is 3.10 bits per heavy atom. The molecule has 0 aromatic heterocycles. The largest absolute Gasteiger partial charge is 0.444 e. The number of cyclic esters (lactones) is 1. The Balaban J connectivity index is 2.12. The van der Waals surface area contributed by atoms with Gasteiger partial charge in [0.1, 0.15) is 6.10 Å². The Bertz CT molecular complexity index is 129. The van der Waals surface area contributed by atoms with Crippen molar-refractivity contribution in [3.8, 4) is 0 Å². The molecule has 10 heavy (non-hydrogen) atoms. The van der Waals surface area contributed by atoms with E-state index < -0.39 is 0 Å². The first kappa shape index (κ1) is 7.66. The third-order valence-electron chi connectivity index (χ3n) is 1.41. The summed E-state index contributed by atoms with van der Waals surface area (Å²) in [6.45, 7) is 0.635. The van der Waals surface area contributed by atoms with E-state index in [-0.39, 0.29) is 12.2 Å². The molecule has 0 spiro atoms. The highest BCUT2D eigenvalue weighted by Gasteiger charge is 2.21. The van der Waals surface area contributed by atoms with Crippen molar-refractivity contribution < 1.29 is 9.53 Å². The molecule has 1 atom stereocenters. The number of carbonyl (C=O) groups excluding carboxylic acids is 1. The fraction of sp³-hybridized carbons (Fsp3) is 0.833.